The third-order valence-corrected chi connectivity index (χ3v) is 8.37. The standard InChI is InChI=1S/C18H30O3S2/c19-18(20)7-3-4-10-22-11-14-15(17-9-8-16(14)21-17)12-23-13-5-1-2-6-13/h13-17H,1-12H2,(H,19,20). The lowest BCUT2D eigenvalue weighted by Crippen LogP contribution is -2.31. The molecule has 3 rings (SSSR count). The predicted molar refractivity (Wildman–Crippen MR) is 98.4 cm³/mol. The SMILES string of the molecule is O=C(O)CCCCSCC1C2CCC(O2)C1CSC1CCCC1. The Balaban J connectivity index is 1.36. The van der Waals surface area contributed by atoms with Crippen LogP contribution >= 0.6 is 23.5 Å². The molecule has 3 fully saturated rings. The second-order valence-corrected chi connectivity index (χ2v) is 9.77. The van der Waals surface area contributed by atoms with Crippen LogP contribution in [0.3, 0.4) is 0 Å². The Morgan fingerprint density at radius 2 is 1.70 bits per heavy atom. The van der Waals surface area contributed by atoms with Crippen molar-refractivity contribution in [3.05, 3.63) is 0 Å². The first-order valence-corrected chi connectivity index (χ1v) is 11.5. The van der Waals surface area contributed by atoms with Crippen LogP contribution in [0.1, 0.15) is 57.8 Å². The van der Waals surface area contributed by atoms with E-state index in [-0.39, 0.29) is 0 Å². The maximum Gasteiger partial charge on any atom is 0.303 e. The summed E-state index contributed by atoms with van der Waals surface area (Å²) >= 11 is 4.24. The number of carboxylic acids is 1. The highest BCUT2D eigenvalue weighted by atomic mass is 32.2. The van der Waals surface area contributed by atoms with Crippen molar-refractivity contribution in [1.82, 2.24) is 0 Å². The molecular weight excluding hydrogens is 328 g/mol. The molecule has 2 saturated heterocycles. The Kier molecular flexibility index (Phi) is 7.02. The van der Waals surface area contributed by atoms with Gasteiger partial charge in [-0.25, -0.2) is 0 Å². The number of carboxylic acid groups (broad SMARTS) is 1. The first-order valence-electron chi connectivity index (χ1n) is 9.30. The molecule has 2 bridgehead atoms. The van der Waals surface area contributed by atoms with Crippen LogP contribution in [0.25, 0.3) is 0 Å². The minimum absolute atomic E-state index is 0.318. The molecule has 0 aromatic rings. The maximum absolute atomic E-state index is 10.5. The molecule has 0 spiro atoms. The van der Waals surface area contributed by atoms with E-state index in [1.807, 2.05) is 11.8 Å². The first-order chi connectivity index (χ1) is 11.2. The molecule has 23 heavy (non-hydrogen) atoms. The third kappa shape index (κ3) is 5.05. The normalized spacial score (nSPS) is 33.6. The van der Waals surface area contributed by atoms with Crippen LogP contribution in [0.4, 0.5) is 0 Å². The van der Waals surface area contributed by atoms with Gasteiger partial charge >= 0.3 is 5.97 Å². The van der Waals surface area contributed by atoms with E-state index in [0.717, 1.165) is 35.7 Å². The molecule has 0 amide bonds. The second kappa shape index (κ2) is 9.00. The van der Waals surface area contributed by atoms with Crippen molar-refractivity contribution in [2.75, 3.05) is 17.3 Å². The summed E-state index contributed by atoms with van der Waals surface area (Å²) in [5.74, 6) is 4.46. The van der Waals surface area contributed by atoms with Gasteiger partial charge in [0.1, 0.15) is 0 Å². The Hall–Kier alpha value is 0.130. The van der Waals surface area contributed by atoms with Gasteiger partial charge in [-0.3, -0.25) is 4.79 Å². The highest BCUT2D eigenvalue weighted by Crippen LogP contribution is 2.47. The van der Waals surface area contributed by atoms with Gasteiger partial charge in [0.15, 0.2) is 0 Å². The summed E-state index contributed by atoms with van der Waals surface area (Å²) in [4.78, 5) is 10.5. The van der Waals surface area contributed by atoms with Crippen LogP contribution in [0.5, 0.6) is 0 Å². The average Bonchev–Trinajstić information content (AvgIpc) is 3.25. The van der Waals surface area contributed by atoms with E-state index >= 15 is 0 Å². The van der Waals surface area contributed by atoms with Crippen molar-refractivity contribution in [3.63, 3.8) is 0 Å². The molecule has 1 saturated carbocycles. The van der Waals surface area contributed by atoms with E-state index in [1.165, 1.54) is 50.0 Å². The van der Waals surface area contributed by atoms with Crippen molar-refractivity contribution in [2.24, 2.45) is 11.8 Å². The second-order valence-electron chi connectivity index (χ2n) is 7.28. The summed E-state index contributed by atoms with van der Waals surface area (Å²) in [6.45, 7) is 0. The van der Waals surface area contributed by atoms with E-state index < -0.39 is 5.97 Å². The smallest absolute Gasteiger partial charge is 0.303 e. The Labute approximate surface area is 148 Å². The van der Waals surface area contributed by atoms with Crippen LogP contribution in [0.2, 0.25) is 0 Å². The molecule has 3 nitrogen and oxygen atoms in total. The first kappa shape index (κ1) is 17.9. The van der Waals surface area contributed by atoms with E-state index in [0.29, 0.717) is 18.6 Å². The summed E-state index contributed by atoms with van der Waals surface area (Å²) in [7, 11) is 0. The number of hydrogen-bond acceptors (Lipinski definition) is 4. The van der Waals surface area contributed by atoms with Crippen LogP contribution in [-0.2, 0) is 9.53 Å². The molecule has 4 unspecified atom stereocenters. The number of hydrogen-bond donors (Lipinski definition) is 1. The molecule has 0 aromatic heterocycles. The molecule has 1 N–H and O–H groups in total. The summed E-state index contributed by atoms with van der Waals surface area (Å²) in [5.41, 5.74) is 0. The van der Waals surface area contributed by atoms with Gasteiger partial charge in [0.2, 0.25) is 0 Å². The van der Waals surface area contributed by atoms with Crippen LogP contribution in [0, 0.1) is 11.8 Å². The summed E-state index contributed by atoms with van der Waals surface area (Å²) in [6, 6.07) is 0. The lowest BCUT2D eigenvalue weighted by atomic mass is 9.81. The summed E-state index contributed by atoms with van der Waals surface area (Å²) in [6.07, 6.45) is 11.5. The zero-order valence-electron chi connectivity index (χ0n) is 14.0. The fraction of sp³-hybridized carbons (Fsp3) is 0.944. The van der Waals surface area contributed by atoms with Crippen molar-refractivity contribution < 1.29 is 14.6 Å². The van der Waals surface area contributed by atoms with Crippen LogP contribution in [0.15, 0.2) is 0 Å². The Morgan fingerprint density at radius 3 is 2.39 bits per heavy atom. The molecule has 5 heteroatoms. The molecule has 0 radical (unpaired) electrons. The van der Waals surface area contributed by atoms with E-state index in [2.05, 4.69) is 11.8 Å². The van der Waals surface area contributed by atoms with Gasteiger partial charge in [-0.05, 0) is 55.8 Å². The van der Waals surface area contributed by atoms with Gasteiger partial charge in [-0.2, -0.15) is 23.5 Å². The van der Waals surface area contributed by atoms with Crippen LogP contribution < -0.4 is 0 Å². The zero-order valence-corrected chi connectivity index (χ0v) is 15.6. The quantitative estimate of drug-likeness (QED) is 0.585. The molecule has 0 aromatic carbocycles. The Bertz CT molecular complexity index is 384. The zero-order chi connectivity index (χ0) is 16.1. The van der Waals surface area contributed by atoms with E-state index in [4.69, 9.17) is 9.84 Å². The van der Waals surface area contributed by atoms with E-state index in [9.17, 15) is 4.79 Å². The van der Waals surface area contributed by atoms with Gasteiger partial charge in [-0.1, -0.05) is 12.8 Å². The number of ether oxygens (including phenoxy) is 1. The number of rotatable bonds is 10. The molecule has 1 aliphatic carbocycles. The predicted octanol–water partition coefficient (Wildman–Crippen LogP) is 4.44. The lowest BCUT2D eigenvalue weighted by Gasteiger charge is -2.28. The fourth-order valence-corrected chi connectivity index (χ4v) is 7.27. The van der Waals surface area contributed by atoms with Crippen molar-refractivity contribution in [2.45, 2.75) is 75.2 Å². The van der Waals surface area contributed by atoms with Gasteiger partial charge in [-0.15, -0.1) is 0 Å². The van der Waals surface area contributed by atoms with Crippen LogP contribution in [-0.4, -0.2) is 45.8 Å². The maximum atomic E-state index is 10.5. The fourth-order valence-electron chi connectivity index (χ4n) is 4.33. The molecule has 2 aliphatic heterocycles. The Morgan fingerprint density at radius 1 is 1.00 bits per heavy atom. The highest BCUT2D eigenvalue weighted by molar-refractivity contribution is 8.00. The van der Waals surface area contributed by atoms with Gasteiger partial charge in [0.25, 0.3) is 0 Å². The minimum Gasteiger partial charge on any atom is -0.481 e. The average molecular weight is 359 g/mol. The molecule has 132 valence electrons. The summed E-state index contributed by atoms with van der Waals surface area (Å²) < 4.78 is 6.22. The van der Waals surface area contributed by atoms with E-state index in [1.54, 1.807) is 0 Å². The van der Waals surface area contributed by atoms with Gasteiger partial charge in [0.05, 0.1) is 12.2 Å². The van der Waals surface area contributed by atoms with Gasteiger partial charge < -0.3 is 9.84 Å². The number of thioether (sulfide) groups is 2. The van der Waals surface area contributed by atoms with Gasteiger partial charge in [0, 0.05) is 23.5 Å². The highest BCUT2D eigenvalue weighted by Gasteiger charge is 2.48. The molecule has 2 heterocycles. The topological polar surface area (TPSA) is 46.5 Å². The minimum atomic E-state index is -0.666. The number of fused-ring (bicyclic) bond motifs is 2. The van der Waals surface area contributed by atoms with Crippen molar-refractivity contribution >= 4 is 29.5 Å². The number of aliphatic carboxylic acids is 1. The number of carbonyl (C=O) groups is 1. The molecule has 4 atom stereocenters. The molecule has 3 aliphatic rings. The third-order valence-electron chi connectivity index (χ3n) is 5.66. The summed E-state index contributed by atoms with van der Waals surface area (Å²) in [5, 5.41) is 9.59. The van der Waals surface area contributed by atoms with Crippen molar-refractivity contribution in [3.8, 4) is 0 Å². The monoisotopic (exact) mass is 358 g/mol. The lowest BCUT2D eigenvalue weighted by molar-refractivity contribution is -0.137. The largest absolute Gasteiger partial charge is 0.481 e. The molecular formula is C18H30O3S2. The number of unbranched alkanes of at least 4 members (excludes halogenated alkanes) is 1. The van der Waals surface area contributed by atoms with Crippen molar-refractivity contribution in [1.29, 1.82) is 0 Å².